The first-order chi connectivity index (χ1) is 11.8. The minimum Gasteiger partial charge on any atom is -0.508 e. The fourth-order valence-electron chi connectivity index (χ4n) is 3.14. The molecule has 134 valence electrons. The molecule has 0 heterocycles. The van der Waals surface area contributed by atoms with Crippen molar-refractivity contribution in [1.29, 1.82) is 0 Å². The zero-order chi connectivity index (χ0) is 18.6. The molecule has 0 unspecified atom stereocenters. The number of aromatic hydroxyl groups is 2. The van der Waals surface area contributed by atoms with Crippen LogP contribution >= 0.6 is 0 Å². The Labute approximate surface area is 149 Å². The third kappa shape index (κ3) is 4.13. The van der Waals surface area contributed by atoms with Crippen molar-refractivity contribution in [1.82, 2.24) is 0 Å². The summed E-state index contributed by atoms with van der Waals surface area (Å²) in [5.41, 5.74) is 3.42. The lowest BCUT2D eigenvalue weighted by atomic mass is 9.72. The molecule has 0 saturated heterocycles. The van der Waals surface area contributed by atoms with Crippen LogP contribution in [0.1, 0.15) is 48.4 Å². The van der Waals surface area contributed by atoms with E-state index in [4.69, 9.17) is 4.74 Å². The number of ether oxygens (including phenoxy) is 1. The fraction of sp³-hybridized carbons (Fsp3) is 0.381. The van der Waals surface area contributed by atoms with E-state index >= 15 is 0 Å². The van der Waals surface area contributed by atoms with Gasteiger partial charge in [-0.3, -0.25) is 4.79 Å². The number of phenolic OH excluding ortho intramolecular Hbond substituents is 2. The third-order valence-electron chi connectivity index (χ3n) is 4.95. The molecular formula is C21H26O4. The van der Waals surface area contributed by atoms with Gasteiger partial charge in [0.25, 0.3) is 0 Å². The van der Waals surface area contributed by atoms with Crippen LogP contribution < -0.4 is 0 Å². The zero-order valence-corrected chi connectivity index (χ0v) is 15.3. The van der Waals surface area contributed by atoms with Crippen LogP contribution in [0.3, 0.4) is 0 Å². The molecule has 4 nitrogen and oxygen atoms in total. The van der Waals surface area contributed by atoms with E-state index in [1.165, 1.54) is 7.11 Å². The Balaban J connectivity index is 2.43. The second kappa shape index (κ2) is 7.60. The average molecular weight is 342 g/mol. The van der Waals surface area contributed by atoms with Gasteiger partial charge in [-0.1, -0.05) is 31.2 Å². The van der Waals surface area contributed by atoms with Crippen molar-refractivity contribution < 1.29 is 19.7 Å². The Kier molecular flexibility index (Phi) is 5.73. The topological polar surface area (TPSA) is 66.8 Å². The molecule has 25 heavy (non-hydrogen) atoms. The molecule has 0 fully saturated rings. The summed E-state index contributed by atoms with van der Waals surface area (Å²) < 4.78 is 4.74. The molecule has 4 heteroatoms. The molecular weight excluding hydrogens is 316 g/mol. The maximum absolute atomic E-state index is 11.5. The highest BCUT2D eigenvalue weighted by Crippen LogP contribution is 2.39. The molecule has 0 aliphatic heterocycles. The van der Waals surface area contributed by atoms with Gasteiger partial charge >= 0.3 is 5.97 Å². The zero-order valence-electron chi connectivity index (χ0n) is 15.3. The number of carbonyl (C=O) groups is 1. The summed E-state index contributed by atoms with van der Waals surface area (Å²) >= 11 is 0. The quantitative estimate of drug-likeness (QED) is 0.765. The Morgan fingerprint density at radius 1 is 1.00 bits per heavy atom. The first-order valence-corrected chi connectivity index (χ1v) is 8.45. The lowest BCUT2D eigenvalue weighted by Gasteiger charge is -2.32. The van der Waals surface area contributed by atoms with Crippen LogP contribution in [-0.2, 0) is 14.9 Å². The lowest BCUT2D eigenvalue weighted by Crippen LogP contribution is -2.24. The van der Waals surface area contributed by atoms with Crippen molar-refractivity contribution in [2.45, 2.75) is 45.4 Å². The first-order valence-electron chi connectivity index (χ1n) is 8.45. The van der Waals surface area contributed by atoms with Gasteiger partial charge in [-0.2, -0.15) is 0 Å². The number of hydrogen-bond donors (Lipinski definition) is 2. The second-order valence-corrected chi connectivity index (χ2v) is 6.76. The minimum atomic E-state index is -0.342. The van der Waals surface area contributed by atoms with Crippen LogP contribution in [0.4, 0.5) is 0 Å². The van der Waals surface area contributed by atoms with E-state index < -0.39 is 0 Å². The average Bonchev–Trinajstić information content (AvgIpc) is 2.59. The maximum Gasteiger partial charge on any atom is 0.305 e. The monoisotopic (exact) mass is 342 g/mol. The summed E-state index contributed by atoms with van der Waals surface area (Å²) in [4.78, 5) is 11.5. The first kappa shape index (κ1) is 18.8. The van der Waals surface area contributed by atoms with E-state index in [9.17, 15) is 15.0 Å². The van der Waals surface area contributed by atoms with E-state index in [1.807, 2.05) is 38.1 Å². The lowest BCUT2D eigenvalue weighted by molar-refractivity contribution is -0.140. The number of benzene rings is 2. The molecule has 0 aromatic heterocycles. The van der Waals surface area contributed by atoms with E-state index in [0.29, 0.717) is 12.8 Å². The van der Waals surface area contributed by atoms with Crippen molar-refractivity contribution in [2.75, 3.05) is 7.11 Å². The van der Waals surface area contributed by atoms with Crippen molar-refractivity contribution in [3.63, 3.8) is 0 Å². The Morgan fingerprint density at radius 2 is 1.48 bits per heavy atom. The number of carbonyl (C=O) groups excluding carboxylic acids is 1. The molecule has 0 saturated carbocycles. The summed E-state index contributed by atoms with van der Waals surface area (Å²) in [6.07, 6.45) is 1.79. The van der Waals surface area contributed by atoms with Crippen LogP contribution in [0.5, 0.6) is 11.5 Å². The second-order valence-electron chi connectivity index (χ2n) is 6.76. The highest BCUT2D eigenvalue weighted by atomic mass is 16.5. The fourth-order valence-corrected chi connectivity index (χ4v) is 3.14. The van der Waals surface area contributed by atoms with Gasteiger partial charge in [-0.05, 0) is 61.1 Å². The maximum atomic E-state index is 11.5. The van der Waals surface area contributed by atoms with Crippen molar-refractivity contribution in [3.05, 3.63) is 58.7 Å². The van der Waals surface area contributed by atoms with Gasteiger partial charge in [-0.15, -0.1) is 0 Å². The third-order valence-corrected chi connectivity index (χ3v) is 4.95. The van der Waals surface area contributed by atoms with Crippen LogP contribution in [0.2, 0.25) is 0 Å². The van der Waals surface area contributed by atoms with Gasteiger partial charge in [0.15, 0.2) is 0 Å². The van der Waals surface area contributed by atoms with E-state index in [1.54, 1.807) is 12.1 Å². The molecule has 2 aromatic carbocycles. The van der Waals surface area contributed by atoms with Crippen molar-refractivity contribution in [3.8, 4) is 11.5 Å². The molecule has 0 bridgehead atoms. The summed E-state index contributed by atoms with van der Waals surface area (Å²) in [5.74, 6) is 0.316. The molecule has 0 radical (unpaired) electrons. The Hall–Kier alpha value is -2.49. The van der Waals surface area contributed by atoms with Gasteiger partial charge in [0, 0.05) is 11.8 Å². The Morgan fingerprint density at radius 3 is 1.88 bits per heavy atom. The number of hydrogen-bond acceptors (Lipinski definition) is 4. The molecule has 0 aliphatic rings. The minimum absolute atomic E-state index is 0.217. The molecule has 0 aliphatic carbocycles. The molecule has 2 rings (SSSR count). The highest BCUT2D eigenvalue weighted by molar-refractivity contribution is 5.69. The summed E-state index contributed by atoms with van der Waals surface area (Å²) in [7, 11) is 1.40. The van der Waals surface area contributed by atoms with Gasteiger partial charge < -0.3 is 14.9 Å². The van der Waals surface area contributed by atoms with Crippen LogP contribution in [0, 0.1) is 13.8 Å². The number of esters is 1. The molecule has 0 spiro atoms. The smallest absolute Gasteiger partial charge is 0.305 e. The van der Waals surface area contributed by atoms with Gasteiger partial charge in [0.05, 0.1) is 7.11 Å². The molecule has 2 N–H and O–H groups in total. The van der Waals surface area contributed by atoms with Gasteiger partial charge in [-0.25, -0.2) is 0 Å². The molecule has 2 aromatic rings. The number of rotatable bonds is 6. The standard InChI is InChI=1S/C21H26O4/c1-14-12-16(7-9-18(14)22)21(3,11-5-6-20(24)25-4)17-8-10-19(23)15(2)13-17/h7-10,12-13,22-23H,5-6,11H2,1-4H3. The van der Waals surface area contributed by atoms with Crippen molar-refractivity contribution in [2.24, 2.45) is 0 Å². The molecule has 0 amide bonds. The van der Waals surface area contributed by atoms with E-state index in [2.05, 4.69) is 6.92 Å². The van der Waals surface area contributed by atoms with E-state index in [-0.39, 0.29) is 22.9 Å². The summed E-state index contributed by atoms with van der Waals surface area (Å²) in [6.45, 7) is 5.87. The normalized spacial score (nSPS) is 11.4. The van der Waals surface area contributed by atoms with E-state index in [0.717, 1.165) is 28.7 Å². The van der Waals surface area contributed by atoms with Crippen LogP contribution in [0.15, 0.2) is 36.4 Å². The highest BCUT2D eigenvalue weighted by Gasteiger charge is 2.29. The summed E-state index contributed by atoms with van der Waals surface area (Å²) in [5, 5.41) is 19.7. The Bertz CT molecular complexity index is 713. The number of methoxy groups -OCH3 is 1. The molecule has 0 atom stereocenters. The van der Waals surface area contributed by atoms with Crippen molar-refractivity contribution >= 4 is 5.97 Å². The number of aryl methyl sites for hydroxylation is 2. The van der Waals surface area contributed by atoms with Crippen LogP contribution in [-0.4, -0.2) is 23.3 Å². The van der Waals surface area contributed by atoms with Gasteiger partial charge in [0.2, 0.25) is 0 Å². The predicted molar refractivity (Wildman–Crippen MR) is 98.0 cm³/mol. The summed E-state index contributed by atoms with van der Waals surface area (Å²) in [6, 6.07) is 11.2. The van der Waals surface area contributed by atoms with Gasteiger partial charge in [0.1, 0.15) is 11.5 Å². The number of phenols is 2. The SMILES string of the molecule is COC(=O)CCCC(C)(c1ccc(O)c(C)c1)c1ccc(O)c(C)c1. The largest absolute Gasteiger partial charge is 0.508 e. The van der Waals surface area contributed by atoms with Crippen LogP contribution in [0.25, 0.3) is 0 Å². The predicted octanol–water partition coefficient (Wildman–Crippen LogP) is 4.36.